The first-order valence-corrected chi connectivity index (χ1v) is 14.4. The molecule has 1 fully saturated rings. The molecule has 0 unspecified atom stereocenters. The number of carbonyl (C=O) groups is 2. The van der Waals surface area contributed by atoms with Gasteiger partial charge < -0.3 is 10.2 Å². The third kappa shape index (κ3) is 7.79. The summed E-state index contributed by atoms with van der Waals surface area (Å²) < 4.78 is 26.8. The molecule has 1 aliphatic carbocycles. The van der Waals surface area contributed by atoms with Crippen LogP contribution in [-0.4, -0.2) is 55.1 Å². The van der Waals surface area contributed by atoms with Gasteiger partial charge in [-0.25, -0.2) is 12.7 Å². The molecule has 7 nitrogen and oxygen atoms in total. The van der Waals surface area contributed by atoms with E-state index in [1.54, 1.807) is 54.3 Å². The Hall–Kier alpha value is -2.42. The van der Waals surface area contributed by atoms with Crippen LogP contribution in [-0.2, 0) is 26.2 Å². The lowest BCUT2D eigenvalue weighted by molar-refractivity contribution is -0.141. The number of sulfonamides is 1. The topological polar surface area (TPSA) is 86.8 Å². The maximum Gasteiger partial charge on any atom is 0.242 e. The third-order valence-electron chi connectivity index (χ3n) is 6.70. The van der Waals surface area contributed by atoms with Crippen molar-refractivity contribution in [2.45, 2.75) is 75.4 Å². The van der Waals surface area contributed by atoms with Gasteiger partial charge in [-0.15, -0.1) is 0 Å². The zero-order chi connectivity index (χ0) is 26.1. The van der Waals surface area contributed by atoms with Crippen molar-refractivity contribution >= 4 is 33.4 Å². The second-order valence-corrected chi connectivity index (χ2v) is 11.9. The Morgan fingerprint density at radius 3 is 2.31 bits per heavy atom. The van der Waals surface area contributed by atoms with Gasteiger partial charge in [-0.3, -0.25) is 9.59 Å². The van der Waals surface area contributed by atoms with Gasteiger partial charge in [0.2, 0.25) is 21.8 Å². The Kier molecular flexibility index (Phi) is 10.3. The largest absolute Gasteiger partial charge is 0.352 e. The third-order valence-corrected chi connectivity index (χ3v) is 8.82. The second kappa shape index (κ2) is 13.2. The number of benzene rings is 2. The summed E-state index contributed by atoms with van der Waals surface area (Å²) in [6, 6.07) is 14.9. The molecule has 9 heteroatoms. The average Bonchev–Trinajstić information content (AvgIpc) is 2.88. The minimum Gasteiger partial charge on any atom is -0.352 e. The lowest BCUT2D eigenvalue weighted by Crippen LogP contribution is -2.50. The molecule has 2 aromatic carbocycles. The smallest absolute Gasteiger partial charge is 0.242 e. The van der Waals surface area contributed by atoms with Gasteiger partial charge in [-0.05, 0) is 56.0 Å². The van der Waals surface area contributed by atoms with Crippen LogP contribution in [0.15, 0.2) is 59.5 Å². The van der Waals surface area contributed by atoms with Gasteiger partial charge in [0.15, 0.2) is 0 Å². The van der Waals surface area contributed by atoms with E-state index in [2.05, 4.69) is 5.32 Å². The number of nitrogens with one attached hydrogen (secondary N) is 1. The zero-order valence-electron chi connectivity index (χ0n) is 21.0. The fourth-order valence-corrected chi connectivity index (χ4v) is 5.78. The van der Waals surface area contributed by atoms with Crippen molar-refractivity contribution in [3.05, 3.63) is 65.2 Å². The molecule has 2 amide bonds. The Morgan fingerprint density at radius 1 is 1.03 bits per heavy atom. The highest BCUT2D eigenvalue weighted by atomic mass is 35.5. The summed E-state index contributed by atoms with van der Waals surface area (Å²) in [7, 11) is -2.11. The monoisotopic (exact) mass is 533 g/mol. The normalized spacial score (nSPS) is 15.4. The summed E-state index contributed by atoms with van der Waals surface area (Å²) in [4.78, 5) is 28.2. The van der Waals surface area contributed by atoms with Crippen LogP contribution in [0.25, 0.3) is 0 Å². The first-order chi connectivity index (χ1) is 17.2. The Labute approximate surface area is 219 Å². The van der Waals surface area contributed by atoms with Gasteiger partial charge in [0, 0.05) is 37.6 Å². The van der Waals surface area contributed by atoms with Crippen LogP contribution in [0, 0.1) is 0 Å². The molecule has 0 heterocycles. The fraction of sp³-hybridized carbons (Fsp3) is 0.481. The number of carbonyl (C=O) groups excluding carboxylic acids is 2. The van der Waals surface area contributed by atoms with Crippen LogP contribution in [0.4, 0.5) is 0 Å². The number of hydrogen-bond donors (Lipinski definition) is 1. The van der Waals surface area contributed by atoms with Gasteiger partial charge in [-0.2, -0.15) is 0 Å². The molecule has 1 atom stereocenters. The predicted molar refractivity (Wildman–Crippen MR) is 142 cm³/mol. The lowest BCUT2D eigenvalue weighted by atomic mass is 9.95. The molecule has 1 saturated carbocycles. The van der Waals surface area contributed by atoms with E-state index in [9.17, 15) is 18.0 Å². The highest BCUT2D eigenvalue weighted by molar-refractivity contribution is 7.89. The van der Waals surface area contributed by atoms with Crippen LogP contribution in [0.2, 0.25) is 5.02 Å². The van der Waals surface area contributed by atoms with Crippen LogP contribution in [0.1, 0.15) is 57.4 Å². The van der Waals surface area contributed by atoms with E-state index < -0.39 is 16.1 Å². The van der Waals surface area contributed by atoms with Crippen molar-refractivity contribution in [3.63, 3.8) is 0 Å². The van der Waals surface area contributed by atoms with Crippen LogP contribution in [0.3, 0.4) is 0 Å². The highest BCUT2D eigenvalue weighted by Gasteiger charge is 2.28. The van der Waals surface area contributed by atoms with Crippen molar-refractivity contribution in [1.82, 2.24) is 14.5 Å². The van der Waals surface area contributed by atoms with Crippen LogP contribution in [0.5, 0.6) is 0 Å². The number of rotatable bonds is 11. The Morgan fingerprint density at radius 2 is 1.67 bits per heavy atom. The summed E-state index contributed by atoms with van der Waals surface area (Å²) >= 11 is 6.01. The van der Waals surface area contributed by atoms with Gasteiger partial charge in [0.1, 0.15) is 6.04 Å². The molecule has 0 aromatic heterocycles. The molecule has 0 bridgehead atoms. The molecular formula is C27H36ClN3O4S. The fourth-order valence-electron chi connectivity index (χ4n) is 4.43. The summed E-state index contributed by atoms with van der Waals surface area (Å²) in [5.41, 5.74) is 0.869. The summed E-state index contributed by atoms with van der Waals surface area (Å²) in [5.74, 6) is -0.352. The number of hydrogen-bond acceptors (Lipinski definition) is 4. The molecule has 36 heavy (non-hydrogen) atoms. The summed E-state index contributed by atoms with van der Waals surface area (Å²) in [6.07, 6.45) is 5.80. The average molecular weight is 534 g/mol. The first kappa shape index (κ1) is 28.2. The molecular weight excluding hydrogens is 498 g/mol. The van der Waals surface area contributed by atoms with Gasteiger partial charge >= 0.3 is 0 Å². The molecule has 2 aromatic rings. The standard InChI is InChI=1S/C27H36ClN3O4S/c1-21(27(33)29-24-10-5-3-6-11-24)31(20-22-15-17-23(28)18-16-22)26(32)14-9-19-30(2)36(34,35)25-12-7-4-8-13-25/h4,7-8,12-13,15-18,21,24H,3,5-6,9-11,14,19-20H2,1-2H3,(H,29,33)/t21-/m1/s1. The minimum atomic E-state index is -3.62. The van der Waals surface area contributed by atoms with E-state index in [-0.39, 0.29) is 42.3 Å². The van der Waals surface area contributed by atoms with E-state index in [4.69, 9.17) is 11.6 Å². The minimum absolute atomic E-state index is 0.128. The molecule has 0 saturated heterocycles. The van der Waals surface area contributed by atoms with Crippen LogP contribution < -0.4 is 5.32 Å². The van der Waals surface area contributed by atoms with Crippen molar-refractivity contribution in [3.8, 4) is 0 Å². The highest BCUT2D eigenvalue weighted by Crippen LogP contribution is 2.20. The van der Waals surface area contributed by atoms with E-state index >= 15 is 0 Å². The number of nitrogens with zero attached hydrogens (tertiary/aromatic N) is 2. The van der Waals surface area contributed by atoms with Crippen molar-refractivity contribution < 1.29 is 18.0 Å². The molecule has 3 rings (SSSR count). The Balaban J connectivity index is 1.64. The van der Waals surface area contributed by atoms with Gasteiger partial charge in [-0.1, -0.05) is 61.2 Å². The van der Waals surface area contributed by atoms with E-state index in [1.807, 2.05) is 12.1 Å². The molecule has 1 aliphatic rings. The van der Waals surface area contributed by atoms with Crippen LogP contribution >= 0.6 is 11.6 Å². The molecule has 196 valence electrons. The predicted octanol–water partition coefficient (Wildman–Crippen LogP) is 4.61. The Bertz CT molecular complexity index is 1100. The number of amides is 2. The summed E-state index contributed by atoms with van der Waals surface area (Å²) in [5, 5.41) is 3.72. The van der Waals surface area contributed by atoms with Crippen molar-refractivity contribution in [2.75, 3.05) is 13.6 Å². The number of halogens is 1. The second-order valence-electron chi connectivity index (χ2n) is 9.41. The molecule has 1 N–H and O–H groups in total. The molecule has 0 aliphatic heterocycles. The SMILES string of the molecule is C[C@H](C(=O)NC1CCCCC1)N(Cc1ccc(Cl)cc1)C(=O)CCCN(C)S(=O)(=O)c1ccccc1. The molecule has 0 spiro atoms. The van der Waals surface area contributed by atoms with Gasteiger partial charge in [0.25, 0.3) is 0 Å². The molecule has 0 radical (unpaired) electrons. The quantitative estimate of drug-likeness (QED) is 0.457. The van der Waals surface area contributed by atoms with Crippen molar-refractivity contribution in [1.29, 1.82) is 0 Å². The van der Waals surface area contributed by atoms with E-state index in [0.29, 0.717) is 11.4 Å². The maximum atomic E-state index is 13.3. The van der Waals surface area contributed by atoms with Crippen molar-refractivity contribution in [2.24, 2.45) is 0 Å². The lowest BCUT2D eigenvalue weighted by Gasteiger charge is -2.31. The van der Waals surface area contributed by atoms with E-state index in [0.717, 1.165) is 31.2 Å². The summed E-state index contributed by atoms with van der Waals surface area (Å²) in [6.45, 7) is 2.21. The zero-order valence-corrected chi connectivity index (χ0v) is 22.6. The maximum absolute atomic E-state index is 13.3. The van der Waals surface area contributed by atoms with E-state index in [1.165, 1.54) is 17.8 Å². The van der Waals surface area contributed by atoms with Gasteiger partial charge in [0.05, 0.1) is 4.90 Å². The first-order valence-electron chi connectivity index (χ1n) is 12.5.